The molecule has 0 atom stereocenters. The Morgan fingerprint density at radius 3 is 2.12 bits per heavy atom. The maximum atomic E-state index is 12.1. The van der Waals surface area contributed by atoms with E-state index in [0.717, 1.165) is 6.42 Å². The molecule has 0 aromatic heterocycles. The monoisotopic (exact) mass is 229 g/mol. The molecule has 0 spiro atoms. The molecule has 16 heavy (non-hydrogen) atoms. The van der Waals surface area contributed by atoms with Gasteiger partial charge in [0.05, 0.1) is 0 Å². The number of amides is 1. The normalized spacial score (nSPS) is 13.0. The second kappa shape index (κ2) is 5.67. The number of carbonyl (C=O) groups excluding carboxylic acids is 1. The van der Waals surface area contributed by atoms with Gasteiger partial charge in [-0.2, -0.15) is 0 Å². The highest BCUT2D eigenvalue weighted by molar-refractivity contribution is 5.82. The summed E-state index contributed by atoms with van der Waals surface area (Å²) in [6.45, 7) is 12.1. The summed E-state index contributed by atoms with van der Waals surface area (Å²) in [5, 5.41) is 11.9. The summed E-state index contributed by atoms with van der Waals surface area (Å²) in [7, 11) is 0. The van der Waals surface area contributed by atoms with E-state index >= 15 is 0 Å². The summed E-state index contributed by atoms with van der Waals surface area (Å²) in [6.07, 6.45) is 1.45. The van der Waals surface area contributed by atoms with Gasteiger partial charge in [-0.1, -0.05) is 27.7 Å². The second-order valence-electron chi connectivity index (χ2n) is 6.29. The van der Waals surface area contributed by atoms with Gasteiger partial charge in [-0.15, -0.1) is 0 Å². The van der Waals surface area contributed by atoms with Crippen LogP contribution in [0.5, 0.6) is 0 Å². The van der Waals surface area contributed by atoms with Crippen molar-refractivity contribution in [3.05, 3.63) is 0 Å². The molecule has 0 aromatic carbocycles. The zero-order valence-corrected chi connectivity index (χ0v) is 11.6. The van der Waals surface area contributed by atoms with Crippen LogP contribution in [0.1, 0.15) is 54.4 Å². The Morgan fingerprint density at radius 1 is 1.25 bits per heavy atom. The lowest BCUT2D eigenvalue weighted by Gasteiger charge is -2.32. The van der Waals surface area contributed by atoms with Crippen molar-refractivity contribution in [3.8, 4) is 0 Å². The summed E-state index contributed by atoms with van der Waals surface area (Å²) in [6, 6.07) is 0. The highest BCUT2D eigenvalue weighted by Crippen LogP contribution is 2.26. The van der Waals surface area contributed by atoms with E-state index in [-0.39, 0.29) is 23.5 Å². The largest absolute Gasteiger partial charge is 0.396 e. The smallest absolute Gasteiger partial charge is 0.226 e. The zero-order chi connectivity index (χ0) is 13.0. The molecule has 96 valence electrons. The molecule has 0 saturated carbocycles. The summed E-state index contributed by atoms with van der Waals surface area (Å²) >= 11 is 0. The molecule has 0 rings (SSSR count). The number of nitrogens with one attached hydrogen (secondary N) is 1. The van der Waals surface area contributed by atoms with Crippen LogP contribution in [0.2, 0.25) is 0 Å². The van der Waals surface area contributed by atoms with Crippen molar-refractivity contribution in [2.75, 3.05) is 6.61 Å². The molecule has 0 radical (unpaired) electrons. The van der Waals surface area contributed by atoms with Gasteiger partial charge in [0.25, 0.3) is 0 Å². The molecule has 0 aromatic rings. The van der Waals surface area contributed by atoms with E-state index in [0.29, 0.717) is 12.3 Å². The SMILES string of the molecule is CC(C)CC(C)(C)C(=O)NC(C)(C)CCO. The minimum atomic E-state index is -0.346. The van der Waals surface area contributed by atoms with Crippen LogP contribution >= 0.6 is 0 Å². The molecular weight excluding hydrogens is 202 g/mol. The van der Waals surface area contributed by atoms with E-state index in [1.807, 2.05) is 27.7 Å². The molecular formula is C13H27NO2. The standard InChI is InChI=1S/C13H27NO2/c1-10(2)9-12(3,4)11(16)14-13(5,6)7-8-15/h10,15H,7-9H2,1-6H3,(H,14,16). The van der Waals surface area contributed by atoms with Crippen LogP contribution in [-0.4, -0.2) is 23.2 Å². The van der Waals surface area contributed by atoms with Crippen LogP contribution in [0.4, 0.5) is 0 Å². The molecule has 0 saturated heterocycles. The van der Waals surface area contributed by atoms with Crippen molar-refractivity contribution in [1.29, 1.82) is 0 Å². The summed E-state index contributed by atoms with van der Waals surface area (Å²) < 4.78 is 0. The van der Waals surface area contributed by atoms with Crippen LogP contribution in [0, 0.1) is 11.3 Å². The minimum absolute atomic E-state index is 0.0691. The molecule has 0 unspecified atom stereocenters. The lowest BCUT2D eigenvalue weighted by atomic mass is 9.82. The van der Waals surface area contributed by atoms with Crippen molar-refractivity contribution >= 4 is 5.91 Å². The van der Waals surface area contributed by atoms with Gasteiger partial charge in [0.1, 0.15) is 0 Å². The van der Waals surface area contributed by atoms with E-state index < -0.39 is 0 Å². The Labute approximate surface area is 99.6 Å². The van der Waals surface area contributed by atoms with E-state index in [1.54, 1.807) is 0 Å². The molecule has 0 bridgehead atoms. The first-order chi connectivity index (χ1) is 7.10. The Hall–Kier alpha value is -0.570. The zero-order valence-electron chi connectivity index (χ0n) is 11.6. The number of hydrogen-bond donors (Lipinski definition) is 2. The van der Waals surface area contributed by atoms with Crippen molar-refractivity contribution < 1.29 is 9.90 Å². The van der Waals surface area contributed by atoms with Gasteiger partial charge in [0.2, 0.25) is 5.91 Å². The maximum absolute atomic E-state index is 12.1. The van der Waals surface area contributed by atoms with Gasteiger partial charge < -0.3 is 10.4 Å². The van der Waals surface area contributed by atoms with Gasteiger partial charge in [-0.3, -0.25) is 4.79 Å². The molecule has 0 fully saturated rings. The number of carbonyl (C=O) groups is 1. The quantitative estimate of drug-likeness (QED) is 0.734. The molecule has 0 aliphatic carbocycles. The Morgan fingerprint density at radius 2 is 1.75 bits per heavy atom. The number of rotatable bonds is 6. The first kappa shape index (κ1) is 15.4. The van der Waals surface area contributed by atoms with Crippen LogP contribution in [0.15, 0.2) is 0 Å². The van der Waals surface area contributed by atoms with Gasteiger partial charge >= 0.3 is 0 Å². The van der Waals surface area contributed by atoms with Crippen molar-refractivity contribution in [2.45, 2.75) is 59.9 Å². The molecule has 0 aliphatic heterocycles. The van der Waals surface area contributed by atoms with E-state index in [2.05, 4.69) is 19.2 Å². The lowest BCUT2D eigenvalue weighted by molar-refractivity contribution is -0.132. The number of aliphatic hydroxyl groups excluding tert-OH is 1. The molecule has 0 heterocycles. The van der Waals surface area contributed by atoms with E-state index in [1.165, 1.54) is 0 Å². The van der Waals surface area contributed by atoms with E-state index in [4.69, 9.17) is 5.11 Å². The first-order valence-electron chi connectivity index (χ1n) is 6.04. The molecule has 3 heteroatoms. The molecule has 2 N–H and O–H groups in total. The number of hydrogen-bond acceptors (Lipinski definition) is 2. The van der Waals surface area contributed by atoms with Crippen molar-refractivity contribution in [1.82, 2.24) is 5.32 Å². The summed E-state index contributed by atoms with van der Waals surface area (Å²) in [4.78, 5) is 12.1. The predicted octanol–water partition coefficient (Wildman–Crippen LogP) is 2.34. The van der Waals surface area contributed by atoms with Gasteiger partial charge in [0.15, 0.2) is 0 Å². The van der Waals surface area contributed by atoms with Crippen LogP contribution in [0.25, 0.3) is 0 Å². The van der Waals surface area contributed by atoms with Gasteiger partial charge in [-0.05, 0) is 32.6 Å². The van der Waals surface area contributed by atoms with E-state index in [9.17, 15) is 4.79 Å². The van der Waals surface area contributed by atoms with Crippen LogP contribution in [-0.2, 0) is 4.79 Å². The Bertz CT molecular complexity index is 232. The summed E-state index contributed by atoms with van der Waals surface area (Å²) in [5.41, 5.74) is -0.680. The molecule has 1 amide bonds. The minimum Gasteiger partial charge on any atom is -0.396 e. The lowest BCUT2D eigenvalue weighted by Crippen LogP contribution is -2.49. The highest BCUT2D eigenvalue weighted by atomic mass is 16.3. The summed E-state index contributed by atoms with van der Waals surface area (Å²) in [5.74, 6) is 0.571. The highest BCUT2D eigenvalue weighted by Gasteiger charge is 2.32. The Kier molecular flexibility index (Phi) is 5.47. The topological polar surface area (TPSA) is 49.3 Å². The predicted molar refractivity (Wildman–Crippen MR) is 67.2 cm³/mol. The van der Waals surface area contributed by atoms with Crippen molar-refractivity contribution in [3.63, 3.8) is 0 Å². The fourth-order valence-corrected chi connectivity index (χ4v) is 1.93. The van der Waals surface area contributed by atoms with Crippen molar-refractivity contribution in [2.24, 2.45) is 11.3 Å². The fourth-order valence-electron chi connectivity index (χ4n) is 1.93. The van der Waals surface area contributed by atoms with Gasteiger partial charge in [0, 0.05) is 17.6 Å². The maximum Gasteiger partial charge on any atom is 0.226 e. The number of aliphatic hydroxyl groups is 1. The third-order valence-corrected chi connectivity index (χ3v) is 2.72. The second-order valence-corrected chi connectivity index (χ2v) is 6.29. The average molecular weight is 229 g/mol. The molecule has 0 aliphatic rings. The van der Waals surface area contributed by atoms with Crippen LogP contribution < -0.4 is 5.32 Å². The van der Waals surface area contributed by atoms with Gasteiger partial charge in [-0.25, -0.2) is 0 Å². The fraction of sp³-hybridized carbons (Fsp3) is 0.923. The molecule has 3 nitrogen and oxygen atoms in total. The first-order valence-corrected chi connectivity index (χ1v) is 6.04. The average Bonchev–Trinajstić information content (AvgIpc) is 1.99. The van der Waals surface area contributed by atoms with Crippen LogP contribution in [0.3, 0.4) is 0 Å². The Balaban J connectivity index is 4.44. The third kappa shape index (κ3) is 5.50. The third-order valence-electron chi connectivity index (χ3n) is 2.72.